The maximum absolute atomic E-state index is 5.90. The van der Waals surface area contributed by atoms with Crippen LogP contribution in [0.15, 0.2) is 35.3 Å². The Kier molecular flexibility index (Phi) is 2.41. The minimum atomic E-state index is 0.195. The van der Waals surface area contributed by atoms with Crippen LogP contribution < -0.4 is 5.73 Å². The van der Waals surface area contributed by atoms with E-state index in [9.17, 15) is 0 Å². The van der Waals surface area contributed by atoms with E-state index < -0.39 is 0 Å². The third kappa shape index (κ3) is 1.95. The molecule has 1 aromatic carbocycles. The third-order valence-corrected chi connectivity index (χ3v) is 2.41. The quantitative estimate of drug-likeness (QED) is 0.723. The second kappa shape index (κ2) is 3.71. The first-order valence-electron chi connectivity index (χ1n) is 4.69. The van der Waals surface area contributed by atoms with Crippen molar-refractivity contribution in [2.24, 2.45) is 10.7 Å². The number of nitrogens with two attached hydrogens (primary N) is 1. The van der Waals surface area contributed by atoms with E-state index in [4.69, 9.17) is 5.73 Å². The molecule has 0 saturated heterocycles. The topological polar surface area (TPSA) is 38.4 Å². The molecule has 0 bridgehead atoms. The molecule has 1 unspecified atom stereocenters. The van der Waals surface area contributed by atoms with Crippen LogP contribution in [0.3, 0.4) is 0 Å². The van der Waals surface area contributed by atoms with E-state index in [1.807, 2.05) is 6.07 Å². The van der Waals surface area contributed by atoms with Crippen molar-refractivity contribution >= 4 is 5.71 Å². The average Bonchev–Trinajstić information content (AvgIpc) is 2.54. The summed E-state index contributed by atoms with van der Waals surface area (Å²) in [5.74, 6) is 0. The molecule has 0 spiro atoms. The van der Waals surface area contributed by atoms with Gasteiger partial charge in [0.15, 0.2) is 0 Å². The zero-order chi connectivity index (χ0) is 9.10. The lowest BCUT2D eigenvalue weighted by Gasteiger charge is -2.06. The summed E-state index contributed by atoms with van der Waals surface area (Å²) in [6.45, 7) is 0.906. The maximum atomic E-state index is 5.90. The molecule has 1 aromatic rings. The summed E-state index contributed by atoms with van der Waals surface area (Å²) in [5, 5.41) is 0. The number of nitrogens with zero attached hydrogens (tertiary/aromatic N) is 1. The minimum Gasteiger partial charge on any atom is -0.323 e. The molecule has 68 valence electrons. The predicted molar refractivity (Wildman–Crippen MR) is 55.0 cm³/mol. The average molecular weight is 174 g/mol. The maximum Gasteiger partial charge on any atom is 0.0446 e. The highest BCUT2D eigenvalue weighted by Crippen LogP contribution is 2.09. The Morgan fingerprint density at radius 3 is 2.69 bits per heavy atom. The summed E-state index contributed by atoms with van der Waals surface area (Å²) >= 11 is 0. The van der Waals surface area contributed by atoms with Gasteiger partial charge < -0.3 is 5.73 Å². The van der Waals surface area contributed by atoms with Crippen LogP contribution in [0, 0.1) is 0 Å². The van der Waals surface area contributed by atoms with Crippen LogP contribution in [0.1, 0.15) is 12.0 Å². The molecule has 13 heavy (non-hydrogen) atoms. The molecule has 1 aliphatic heterocycles. The highest BCUT2D eigenvalue weighted by atomic mass is 14.8. The van der Waals surface area contributed by atoms with Crippen molar-refractivity contribution in [1.29, 1.82) is 0 Å². The molecule has 0 aliphatic carbocycles. The van der Waals surface area contributed by atoms with Crippen molar-refractivity contribution in [1.82, 2.24) is 0 Å². The molecule has 1 heterocycles. The van der Waals surface area contributed by atoms with E-state index in [1.54, 1.807) is 0 Å². The van der Waals surface area contributed by atoms with Crippen LogP contribution >= 0.6 is 0 Å². The first-order chi connectivity index (χ1) is 6.36. The van der Waals surface area contributed by atoms with Crippen LogP contribution in [0.4, 0.5) is 0 Å². The van der Waals surface area contributed by atoms with Crippen molar-refractivity contribution in [3.63, 3.8) is 0 Å². The summed E-state index contributed by atoms with van der Waals surface area (Å²) in [7, 11) is 0. The molecule has 0 aromatic heterocycles. The van der Waals surface area contributed by atoms with E-state index in [0.29, 0.717) is 0 Å². The SMILES string of the molecule is NC1CCN=C1Cc1ccccc1. The first-order valence-corrected chi connectivity index (χ1v) is 4.69. The molecule has 2 heteroatoms. The van der Waals surface area contributed by atoms with Gasteiger partial charge in [-0.05, 0) is 12.0 Å². The molecule has 0 fully saturated rings. The van der Waals surface area contributed by atoms with Gasteiger partial charge in [0.1, 0.15) is 0 Å². The molecule has 0 radical (unpaired) electrons. The Bertz CT molecular complexity index is 303. The van der Waals surface area contributed by atoms with Gasteiger partial charge in [0.25, 0.3) is 0 Å². The fraction of sp³-hybridized carbons (Fsp3) is 0.364. The number of hydrogen-bond donors (Lipinski definition) is 1. The number of hydrogen-bond acceptors (Lipinski definition) is 2. The van der Waals surface area contributed by atoms with Gasteiger partial charge in [-0.15, -0.1) is 0 Å². The largest absolute Gasteiger partial charge is 0.323 e. The lowest BCUT2D eigenvalue weighted by molar-refractivity contribution is 0.816. The Hall–Kier alpha value is -1.15. The van der Waals surface area contributed by atoms with Gasteiger partial charge >= 0.3 is 0 Å². The van der Waals surface area contributed by atoms with Crippen LogP contribution in [0.2, 0.25) is 0 Å². The normalized spacial score (nSPS) is 21.6. The van der Waals surface area contributed by atoms with Gasteiger partial charge in [0.2, 0.25) is 0 Å². The molecule has 0 saturated carbocycles. The smallest absolute Gasteiger partial charge is 0.0446 e. The predicted octanol–water partition coefficient (Wildman–Crippen LogP) is 1.40. The molecule has 2 rings (SSSR count). The Morgan fingerprint density at radius 2 is 2.08 bits per heavy atom. The van der Waals surface area contributed by atoms with Crippen LogP contribution in [0.5, 0.6) is 0 Å². The van der Waals surface area contributed by atoms with Crippen molar-refractivity contribution in [2.75, 3.05) is 6.54 Å². The van der Waals surface area contributed by atoms with E-state index in [-0.39, 0.29) is 6.04 Å². The summed E-state index contributed by atoms with van der Waals surface area (Å²) < 4.78 is 0. The van der Waals surface area contributed by atoms with Crippen LogP contribution in [-0.2, 0) is 6.42 Å². The molecule has 2 N–H and O–H groups in total. The Balaban J connectivity index is 2.06. The highest BCUT2D eigenvalue weighted by molar-refractivity contribution is 5.92. The van der Waals surface area contributed by atoms with E-state index in [0.717, 1.165) is 25.1 Å². The second-order valence-electron chi connectivity index (χ2n) is 3.43. The van der Waals surface area contributed by atoms with Gasteiger partial charge in [0, 0.05) is 24.7 Å². The van der Waals surface area contributed by atoms with Crippen molar-refractivity contribution in [3.05, 3.63) is 35.9 Å². The first kappa shape index (κ1) is 8.45. The molecule has 1 aliphatic rings. The number of aliphatic imine (C=N–C) groups is 1. The summed E-state index contributed by atoms with van der Waals surface area (Å²) in [4.78, 5) is 4.40. The Labute approximate surface area is 78.5 Å². The van der Waals surface area contributed by atoms with Gasteiger partial charge in [-0.25, -0.2) is 0 Å². The zero-order valence-corrected chi connectivity index (χ0v) is 7.61. The molecular formula is C11H14N2. The zero-order valence-electron chi connectivity index (χ0n) is 7.61. The van der Waals surface area contributed by atoms with Crippen molar-refractivity contribution in [3.8, 4) is 0 Å². The van der Waals surface area contributed by atoms with Crippen LogP contribution in [-0.4, -0.2) is 18.3 Å². The summed E-state index contributed by atoms with van der Waals surface area (Å²) in [6, 6.07) is 10.6. The third-order valence-electron chi connectivity index (χ3n) is 2.41. The fourth-order valence-corrected chi connectivity index (χ4v) is 1.62. The monoisotopic (exact) mass is 174 g/mol. The fourth-order valence-electron chi connectivity index (χ4n) is 1.62. The van der Waals surface area contributed by atoms with Crippen molar-refractivity contribution in [2.45, 2.75) is 18.9 Å². The van der Waals surface area contributed by atoms with Gasteiger partial charge in [-0.3, -0.25) is 4.99 Å². The minimum absolute atomic E-state index is 0.195. The highest BCUT2D eigenvalue weighted by Gasteiger charge is 2.16. The molecule has 2 nitrogen and oxygen atoms in total. The number of rotatable bonds is 2. The van der Waals surface area contributed by atoms with Gasteiger partial charge in [0.05, 0.1) is 0 Å². The number of benzene rings is 1. The van der Waals surface area contributed by atoms with Crippen molar-refractivity contribution < 1.29 is 0 Å². The molecule has 0 amide bonds. The van der Waals surface area contributed by atoms with Gasteiger partial charge in [-0.2, -0.15) is 0 Å². The lowest BCUT2D eigenvalue weighted by Crippen LogP contribution is -2.28. The lowest BCUT2D eigenvalue weighted by atomic mass is 10.0. The molecular weight excluding hydrogens is 160 g/mol. The Morgan fingerprint density at radius 1 is 1.31 bits per heavy atom. The summed E-state index contributed by atoms with van der Waals surface area (Å²) in [5.41, 5.74) is 8.36. The van der Waals surface area contributed by atoms with E-state index in [1.165, 1.54) is 5.56 Å². The second-order valence-corrected chi connectivity index (χ2v) is 3.43. The van der Waals surface area contributed by atoms with Crippen LogP contribution in [0.25, 0.3) is 0 Å². The van der Waals surface area contributed by atoms with E-state index >= 15 is 0 Å². The van der Waals surface area contributed by atoms with E-state index in [2.05, 4.69) is 29.3 Å². The molecule has 1 atom stereocenters. The summed E-state index contributed by atoms with van der Waals surface area (Å²) in [6.07, 6.45) is 1.93. The standard InChI is InChI=1S/C11H14N2/c12-10-6-7-13-11(10)8-9-4-2-1-3-5-9/h1-5,10H,6-8,12H2. The van der Waals surface area contributed by atoms with Gasteiger partial charge in [-0.1, -0.05) is 30.3 Å².